The van der Waals surface area contributed by atoms with Gasteiger partial charge in [-0.05, 0) is 73.6 Å². The van der Waals surface area contributed by atoms with Crippen LogP contribution in [0.4, 0.5) is 5.69 Å². The third-order valence-electron chi connectivity index (χ3n) is 9.52. The van der Waals surface area contributed by atoms with Crippen LogP contribution in [0.2, 0.25) is 0 Å². The van der Waals surface area contributed by atoms with Gasteiger partial charge in [0.1, 0.15) is 12.8 Å². The van der Waals surface area contributed by atoms with Gasteiger partial charge in [0.05, 0.1) is 29.7 Å². The molecule has 1 heterocycles. The third-order valence-corrected chi connectivity index (χ3v) is 10.3. The highest BCUT2D eigenvalue weighted by molar-refractivity contribution is 7.85. The van der Waals surface area contributed by atoms with E-state index in [-0.39, 0.29) is 85.1 Å². The van der Waals surface area contributed by atoms with Gasteiger partial charge < -0.3 is 25.2 Å². The van der Waals surface area contributed by atoms with Crippen LogP contribution in [0.1, 0.15) is 111 Å². The lowest BCUT2D eigenvalue weighted by atomic mass is 9.80. The van der Waals surface area contributed by atoms with E-state index in [9.17, 15) is 37.5 Å². The normalized spacial score (nSPS) is 16.7. The van der Waals surface area contributed by atoms with Crippen LogP contribution in [-0.2, 0) is 56.6 Å². The molecule has 16 heteroatoms. The largest absolute Gasteiger partial charge is 0.461 e. The van der Waals surface area contributed by atoms with Crippen molar-refractivity contribution < 1.29 is 51.5 Å². The van der Waals surface area contributed by atoms with Crippen LogP contribution in [0, 0.1) is 23.2 Å². The molecule has 1 aliphatic heterocycles. The molecule has 0 bridgehead atoms. The quantitative estimate of drug-likeness (QED) is 0.0330. The van der Waals surface area contributed by atoms with Crippen molar-refractivity contribution in [2.24, 2.45) is 23.2 Å². The predicted molar refractivity (Wildman–Crippen MR) is 208 cm³/mol. The number of ether oxygens (including phenoxy) is 2. The van der Waals surface area contributed by atoms with E-state index < -0.39 is 34.3 Å². The fourth-order valence-corrected chi connectivity index (χ4v) is 6.57. The number of aliphatic hydroxyl groups is 1. The van der Waals surface area contributed by atoms with Crippen molar-refractivity contribution in [1.82, 2.24) is 15.5 Å². The van der Waals surface area contributed by atoms with Gasteiger partial charge >= 0.3 is 5.97 Å². The number of benzene rings is 1. The van der Waals surface area contributed by atoms with Crippen LogP contribution >= 0.6 is 0 Å². The topological polar surface area (TPSA) is 218 Å². The van der Waals surface area contributed by atoms with Gasteiger partial charge in [0.2, 0.25) is 23.6 Å². The van der Waals surface area contributed by atoms with E-state index in [4.69, 9.17) is 14.0 Å². The number of nitrogens with zero attached hydrogens (tertiary/aromatic N) is 1. The Labute approximate surface area is 326 Å². The number of aliphatic hydroxyl groups excluding tert-OH is 1. The number of aryl methyl sites for hydroxylation is 1. The number of rotatable bonds is 24. The van der Waals surface area contributed by atoms with Crippen molar-refractivity contribution in [3.63, 3.8) is 0 Å². The van der Waals surface area contributed by atoms with Crippen LogP contribution in [0.3, 0.4) is 0 Å². The Kier molecular flexibility index (Phi) is 19.4. The molecule has 1 aliphatic rings. The summed E-state index contributed by atoms with van der Waals surface area (Å²) >= 11 is 0. The van der Waals surface area contributed by atoms with E-state index in [2.05, 4.69) is 16.0 Å². The van der Waals surface area contributed by atoms with Gasteiger partial charge in [-0.15, -0.1) is 0 Å². The Hall–Kier alpha value is -3.44. The second kappa shape index (κ2) is 22.3. The average molecular weight is 797 g/mol. The molecule has 1 aromatic rings. The zero-order chi connectivity index (χ0) is 41.5. The second-order valence-corrected chi connectivity index (χ2v) is 17.7. The van der Waals surface area contributed by atoms with Gasteiger partial charge in [-0.1, -0.05) is 61.0 Å². The number of carbonyl (C=O) groups excluding carboxylic acids is 5. The number of carbonyl (C=O) groups is 5. The predicted octanol–water partition coefficient (Wildman–Crippen LogP) is 3.97. The number of unbranched alkanes of at least 4 members (excludes halogenated alkanes) is 2. The molecule has 312 valence electrons. The van der Waals surface area contributed by atoms with Crippen LogP contribution in [0.15, 0.2) is 18.2 Å². The number of hydrogen-bond acceptors (Lipinski definition) is 11. The van der Waals surface area contributed by atoms with Crippen molar-refractivity contribution in [3.05, 3.63) is 29.3 Å². The Morgan fingerprint density at radius 1 is 0.964 bits per heavy atom. The lowest BCUT2D eigenvalue weighted by Gasteiger charge is -2.30. The number of anilines is 1. The zero-order valence-corrected chi connectivity index (χ0v) is 34.6. The number of imide groups is 1. The fraction of sp³-hybridized carbons (Fsp3) is 0.718. The average Bonchev–Trinajstić information content (AvgIpc) is 3.37. The maximum absolute atomic E-state index is 13.2. The second-order valence-electron chi connectivity index (χ2n) is 16.1. The van der Waals surface area contributed by atoms with Crippen molar-refractivity contribution in [2.45, 2.75) is 132 Å². The monoisotopic (exact) mass is 796 g/mol. The van der Waals surface area contributed by atoms with E-state index in [0.29, 0.717) is 50.9 Å². The van der Waals surface area contributed by atoms with E-state index in [1.807, 2.05) is 34.6 Å². The lowest BCUT2D eigenvalue weighted by Crippen LogP contribution is -2.56. The lowest BCUT2D eigenvalue weighted by molar-refractivity contribution is -0.148. The van der Waals surface area contributed by atoms with Gasteiger partial charge in [0.15, 0.2) is 0 Å². The van der Waals surface area contributed by atoms with Crippen molar-refractivity contribution in [3.8, 4) is 0 Å². The molecule has 0 spiro atoms. The van der Waals surface area contributed by atoms with Gasteiger partial charge in [0, 0.05) is 38.3 Å². The van der Waals surface area contributed by atoms with Gasteiger partial charge in [-0.2, -0.15) is 8.42 Å². The van der Waals surface area contributed by atoms with Crippen molar-refractivity contribution in [1.29, 1.82) is 0 Å². The molecular formula is C39H64N4O11S. The van der Waals surface area contributed by atoms with Crippen LogP contribution in [0.25, 0.3) is 0 Å². The van der Waals surface area contributed by atoms with Gasteiger partial charge in [-0.3, -0.25) is 38.7 Å². The van der Waals surface area contributed by atoms with E-state index in [0.717, 1.165) is 11.1 Å². The molecular weight excluding hydrogens is 733 g/mol. The Morgan fingerprint density at radius 2 is 1.64 bits per heavy atom. The molecule has 1 aromatic carbocycles. The van der Waals surface area contributed by atoms with Crippen molar-refractivity contribution in [2.75, 3.05) is 30.8 Å². The number of hydrogen-bond donors (Lipinski definition) is 5. The summed E-state index contributed by atoms with van der Waals surface area (Å²) in [6, 6.07) is 3.69. The first-order valence-electron chi connectivity index (χ1n) is 19.3. The first kappa shape index (κ1) is 47.7. The smallest absolute Gasteiger partial charge is 0.308 e. The third kappa shape index (κ3) is 17.1. The molecule has 2 unspecified atom stereocenters. The molecule has 1 fully saturated rings. The summed E-state index contributed by atoms with van der Waals surface area (Å²) in [6.45, 7) is 15.5. The van der Waals surface area contributed by atoms with E-state index in [1.54, 1.807) is 39.0 Å². The van der Waals surface area contributed by atoms with Gasteiger partial charge in [0.25, 0.3) is 10.1 Å². The molecule has 0 radical (unpaired) electrons. The van der Waals surface area contributed by atoms with Crippen LogP contribution in [-0.4, -0.2) is 96.4 Å². The molecule has 0 saturated carbocycles. The van der Waals surface area contributed by atoms with Gasteiger partial charge in [-0.25, -0.2) is 0 Å². The zero-order valence-electron chi connectivity index (χ0n) is 33.8. The molecule has 5 N–H and O–H groups in total. The maximum atomic E-state index is 13.2. The Balaban J connectivity index is 1.91. The molecule has 15 nitrogen and oxygen atoms in total. The first-order chi connectivity index (χ1) is 25.6. The van der Waals surface area contributed by atoms with Crippen molar-refractivity contribution >= 4 is 45.4 Å². The van der Waals surface area contributed by atoms with Crippen LogP contribution < -0.4 is 16.0 Å². The molecule has 2 rings (SSSR count). The molecule has 0 aliphatic carbocycles. The van der Waals surface area contributed by atoms with E-state index in [1.165, 1.54) is 4.90 Å². The van der Waals surface area contributed by atoms with E-state index >= 15 is 0 Å². The summed E-state index contributed by atoms with van der Waals surface area (Å²) in [5, 5.41) is 19.7. The fourth-order valence-electron chi connectivity index (χ4n) is 6.08. The number of esters is 1. The highest BCUT2D eigenvalue weighted by Gasteiger charge is 2.44. The number of likely N-dealkylation sites (tertiary alicyclic amines) is 1. The highest BCUT2D eigenvalue weighted by atomic mass is 32.2. The summed E-state index contributed by atoms with van der Waals surface area (Å²) in [4.78, 5) is 64.6. The minimum Gasteiger partial charge on any atom is -0.461 e. The summed E-state index contributed by atoms with van der Waals surface area (Å²) in [5.41, 5.74) is 1.76. The number of nitrogens with one attached hydrogen (secondary N) is 3. The standard InChI is InChI=1S/C39H64N4O11S/c1-25(2)34(42-32(44)15-10-9-11-18-43-33(45)23-31(37(43)48)39(6,7)8)36(47)40-27(5)35(46)41-30-17-16-29(24-54-38(49)26(3)4)28(22-30)14-12-19-53-20-13-21-55(50,51)52/h16-17,22,25-27,31,34,36,40,47H,9-15,18-21,23-24H2,1-8H3,(H,41,46)(H,42,44)(H,50,51,52)/t27-,31?,34-,36?/m0/s1. The molecule has 0 aromatic heterocycles. The molecule has 4 atom stereocenters. The number of amides is 4. The Bertz CT molecular complexity index is 1560. The Morgan fingerprint density at radius 3 is 2.24 bits per heavy atom. The first-order valence-corrected chi connectivity index (χ1v) is 20.9. The SMILES string of the molecule is CC(C)C(=O)OCc1ccc(NC(=O)[C@H](C)NC(O)[C@@H](NC(=O)CCCCCN2C(=O)CC(C(C)(C)C)C2=O)C(C)C)cc1CCCOCCCS(=O)(=O)O. The molecule has 4 amide bonds. The molecule has 1 saturated heterocycles. The highest BCUT2D eigenvalue weighted by Crippen LogP contribution is 2.35. The summed E-state index contributed by atoms with van der Waals surface area (Å²) in [6.07, 6.45) is 2.21. The summed E-state index contributed by atoms with van der Waals surface area (Å²) in [5.74, 6) is -2.47. The summed E-state index contributed by atoms with van der Waals surface area (Å²) in [7, 11) is -4.05. The minimum atomic E-state index is -4.05. The molecule has 55 heavy (non-hydrogen) atoms. The summed E-state index contributed by atoms with van der Waals surface area (Å²) < 4.78 is 41.6. The minimum absolute atomic E-state index is 0.0426. The maximum Gasteiger partial charge on any atom is 0.308 e. The van der Waals surface area contributed by atoms with Crippen LogP contribution in [0.5, 0.6) is 0 Å².